The number of benzene rings is 1. The predicted molar refractivity (Wildman–Crippen MR) is 69.9 cm³/mol. The van der Waals surface area contributed by atoms with Crippen LogP contribution in [0.1, 0.15) is 5.69 Å². The van der Waals surface area contributed by atoms with Crippen molar-refractivity contribution in [3.63, 3.8) is 0 Å². The molecule has 2 heterocycles. The molecule has 0 bridgehead atoms. The molecule has 0 aliphatic rings. The van der Waals surface area contributed by atoms with E-state index >= 15 is 0 Å². The average molecular weight is 312 g/mol. The molecule has 0 radical (unpaired) electrons. The van der Waals surface area contributed by atoms with E-state index in [1.807, 2.05) is 0 Å². The molecule has 21 heavy (non-hydrogen) atoms. The minimum absolute atomic E-state index is 0.0409. The summed E-state index contributed by atoms with van der Waals surface area (Å²) in [6.07, 6.45) is 0. The van der Waals surface area contributed by atoms with Gasteiger partial charge >= 0.3 is 0 Å². The van der Waals surface area contributed by atoms with Crippen LogP contribution < -0.4 is 5.73 Å². The smallest absolute Gasteiger partial charge is 0.263 e. The molecule has 0 aliphatic carbocycles. The van der Waals surface area contributed by atoms with Crippen LogP contribution in [0, 0.1) is 24.4 Å². The van der Waals surface area contributed by atoms with Crippen molar-refractivity contribution in [2.24, 2.45) is 0 Å². The zero-order valence-electron chi connectivity index (χ0n) is 10.5. The van der Waals surface area contributed by atoms with E-state index in [1.165, 1.54) is 0 Å². The Morgan fingerprint density at radius 2 is 1.86 bits per heavy atom. The van der Waals surface area contributed by atoms with Crippen LogP contribution in [0.5, 0.6) is 0 Å². The Kier molecular flexibility index (Phi) is 3.13. The summed E-state index contributed by atoms with van der Waals surface area (Å²) in [4.78, 5) is 4.01. The highest BCUT2D eigenvalue weighted by molar-refractivity contribution is 7.10. The van der Waals surface area contributed by atoms with Crippen LogP contribution in [0.15, 0.2) is 16.7 Å². The van der Waals surface area contributed by atoms with Crippen molar-refractivity contribution < 1.29 is 17.7 Å². The monoisotopic (exact) mass is 312 g/mol. The molecule has 0 fully saturated rings. The molecule has 3 aromatic rings. The van der Waals surface area contributed by atoms with Crippen molar-refractivity contribution in [2.75, 3.05) is 5.73 Å². The first kappa shape index (κ1) is 13.6. The molecule has 0 atom stereocenters. The zero-order valence-corrected chi connectivity index (χ0v) is 11.3. The summed E-state index contributed by atoms with van der Waals surface area (Å²) in [5.74, 6) is -4.20. The maximum absolute atomic E-state index is 13.2. The highest BCUT2D eigenvalue weighted by Crippen LogP contribution is 2.32. The third kappa shape index (κ3) is 2.25. The number of nitrogens with two attached hydrogens (primary N) is 1. The number of aryl methyl sites for hydroxylation is 1. The van der Waals surface area contributed by atoms with E-state index in [-0.39, 0.29) is 17.3 Å². The van der Waals surface area contributed by atoms with Gasteiger partial charge in [-0.1, -0.05) is 5.16 Å². The van der Waals surface area contributed by atoms with Crippen LogP contribution in [-0.4, -0.2) is 14.5 Å². The van der Waals surface area contributed by atoms with Crippen molar-refractivity contribution in [3.8, 4) is 22.8 Å². The molecular formula is C12H7F3N4OS. The Balaban J connectivity index is 2.07. The van der Waals surface area contributed by atoms with Gasteiger partial charge in [-0.25, -0.2) is 13.2 Å². The number of anilines is 1. The standard InChI is InChI=1S/C12H7F3N4OS/c1-4-8(10(16)21-19-4)12-17-11(18-20-12)5-2-6(13)9(15)7(14)3-5/h2-3H,16H2,1H3. The zero-order chi connectivity index (χ0) is 15.1. The topological polar surface area (TPSA) is 77.8 Å². The minimum Gasteiger partial charge on any atom is -0.389 e. The van der Waals surface area contributed by atoms with E-state index in [2.05, 4.69) is 14.5 Å². The molecule has 0 saturated heterocycles. The lowest BCUT2D eigenvalue weighted by Gasteiger charge is -1.98. The Morgan fingerprint density at radius 1 is 1.19 bits per heavy atom. The molecule has 2 aromatic heterocycles. The normalized spacial score (nSPS) is 11.0. The highest BCUT2D eigenvalue weighted by atomic mass is 32.1. The lowest BCUT2D eigenvalue weighted by atomic mass is 10.2. The van der Waals surface area contributed by atoms with E-state index in [0.717, 1.165) is 23.7 Å². The molecule has 0 amide bonds. The number of rotatable bonds is 2. The Hall–Kier alpha value is -2.42. The number of halogens is 3. The Bertz CT molecular complexity index is 787. The number of nitrogen functional groups attached to an aromatic ring is 1. The number of aromatic nitrogens is 3. The van der Waals surface area contributed by atoms with Crippen LogP contribution in [0.2, 0.25) is 0 Å². The van der Waals surface area contributed by atoms with Gasteiger partial charge in [0.15, 0.2) is 17.5 Å². The first-order valence-corrected chi connectivity index (χ1v) is 6.45. The second-order valence-electron chi connectivity index (χ2n) is 4.18. The highest BCUT2D eigenvalue weighted by Gasteiger charge is 2.20. The first-order chi connectivity index (χ1) is 9.97. The van der Waals surface area contributed by atoms with Crippen LogP contribution in [0.25, 0.3) is 22.8 Å². The summed E-state index contributed by atoms with van der Waals surface area (Å²) < 4.78 is 48.4. The molecule has 0 saturated carbocycles. The van der Waals surface area contributed by atoms with Gasteiger partial charge in [0.2, 0.25) is 5.82 Å². The second-order valence-corrected chi connectivity index (χ2v) is 4.99. The molecule has 3 rings (SSSR count). The molecule has 0 unspecified atom stereocenters. The van der Waals surface area contributed by atoms with Gasteiger partial charge in [0.25, 0.3) is 5.89 Å². The van der Waals surface area contributed by atoms with Gasteiger partial charge in [-0.2, -0.15) is 9.36 Å². The SMILES string of the molecule is Cc1nsc(N)c1-c1nc(-c2cc(F)c(F)c(F)c2)no1. The van der Waals surface area contributed by atoms with Crippen LogP contribution >= 0.6 is 11.5 Å². The largest absolute Gasteiger partial charge is 0.389 e. The van der Waals surface area contributed by atoms with Gasteiger partial charge in [-0.05, 0) is 30.6 Å². The number of nitrogens with zero attached hydrogens (tertiary/aromatic N) is 3. The van der Waals surface area contributed by atoms with Crippen molar-refractivity contribution in [3.05, 3.63) is 35.3 Å². The van der Waals surface area contributed by atoms with Gasteiger partial charge < -0.3 is 10.3 Å². The third-order valence-corrected chi connectivity index (χ3v) is 3.54. The number of hydrogen-bond acceptors (Lipinski definition) is 6. The molecule has 0 spiro atoms. The lowest BCUT2D eigenvalue weighted by Crippen LogP contribution is -1.93. The maximum Gasteiger partial charge on any atom is 0.263 e. The van der Waals surface area contributed by atoms with Gasteiger partial charge in [0.05, 0.1) is 11.3 Å². The van der Waals surface area contributed by atoms with E-state index in [0.29, 0.717) is 16.3 Å². The summed E-state index contributed by atoms with van der Waals surface area (Å²) >= 11 is 1.07. The molecule has 0 aliphatic heterocycles. The average Bonchev–Trinajstić information content (AvgIpc) is 3.02. The number of hydrogen-bond donors (Lipinski definition) is 1. The van der Waals surface area contributed by atoms with E-state index in [1.54, 1.807) is 6.92 Å². The lowest BCUT2D eigenvalue weighted by molar-refractivity contribution is 0.431. The van der Waals surface area contributed by atoms with Gasteiger partial charge in [-0.3, -0.25) is 0 Å². The van der Waals surface area contributed by atoms with Crippen LogP contribution in [0.4, 0.5) is 18.2 Å². The first-order valence-electron chi connectivity index (χ1n) is 5.68. The van der Waals surface area contributed by atoms with Gasteiger partial charge in [0.1, 0.15) is 5.00 Å². The molecule has 1 aromatic carbocycles. The quantitative estimate of drug-likeness (QED) is 0.735. The molecule has 2 N–H and O–H groups in total. The Morgan fingerprint density at radius 3 is 2.43 bits per heavy atom. The Labute approximate surface area is 120 Å². The summed E-state index contributed by atoms with van der Waals surface area (Å²) in [6.45, 7) is 1.71. The predicted octanol–water partition coefficient (Wildman–Crippen LogP) is 3.17. The molecule has 5 nitrogen and oxygen atoms in total. The van der Waals surface area contributed by atoms with Crippen LogP contribution in [0.3, 0.4) is 0 Å². The van der Waals surface area contributed by atoms with E-state index in [4.69, 9.17) is 10.3 Å². The van der Waals surface area contributed by atoms with Crippen molar-refractivity contribution in [1.82, 2.24) is 14.5 Å². The minimum atomic E-state index is -1.55. The maximum atomic E-state index is 13.2. The van der Waals surface area contributed by atoms with Gasteiger partial charge in [0, 0.05) is 5.56 Å². The molecule has 108 valence electrons. The second kappa shape index (κ2) is 4.85. The summed E-state index contributed by atoms with van der Waals surface area (Å²) in [5, 5.41) is 4.00. The summed E-state index contributed by atoms with van der Waals surface area (Å²) in [7, 11) is 0. The van der Waals surface area contributed by atoms with Crippen molar-refractivity contribution in [1.29, 1.82) is 0 Å². The van der Waals surface area contributed by atoms with Gasteiger partial charge in [-0.15, -0.1) is 0 Å². The fraction of sp³-hybridized carbons (Fsp3) is 0.0833. The summed E-state index contributed by atoms with van der Waals surface area (Å²) in [5.41, 5.74) is 6.78. The van der Waals surface area contributed by atoms with Crippen molar-refractivity contribution >= 4 is 16.5 Å². The van der Waals surface area contributed by atoms with E-state index in [9.17, 15) is 13.2 Å². The molecule has 9 heteroatoms. The van der Waals surface area contributed by atoms with Crippen molar-refractivity contribution in [2.45, 2.75) is 6.92 Å². The fourth-order valence-corrected chi connectivity index (χ4v) is 2.43. The van der Waals surface area contributed by atoms with E-state index < -0.39 is 17.5 Å². The molecular weight excluding hydrogens is 305 g/mol. The fourth-order valence-electron chi connectivity index (χ4n) is 1.77. The van der Waals surface area contributed by atoms with Crippen LogP contribution in [-0.2, 0) is 0 Å². The third-order valence-electron chi connectivity index (χ3n) is 2.77. The summed E-state index contributed by atoms with van der Waals surface area (Å²) in [6, 6.07) is 1.57.